The third-order valence-corrected chi connectivity index (χ3v) is 2.75. The van der Waals surface area contributed by atoms with Gasteiger partial charge >= 0.3 is 0 Å². The number of pyridine rings is 1. The number of hydrogen-bond donors (Lipinski definition) is 0. The molecule has 0 aliphatic rings. The van der Waals surface area contributed by atoms with Crippen molar-refractivity contribution in [3.05, 3.63) is 51.7 Å². The quantitative estimate of drug-likeness (QED) is 0.630. The minimum absolute atomic E-state index is 0.464. The zero-order valence-electron chi connectivity index (χ0n) is 7.85. The normalized spacial score (nSPS) is 9.93. The molecule has 3 heteroatoms. The lowest BCUT2D eigenvalue weighted by Gasteiger charge is -2.01. The van der Waals surface area contributed by atoms with E-state index in [1.54, 1.807) is 6.07 Å². The van der Waals surface area contributed by atoms with Crippen molar-refractivity contribution < 1.29 is 4.79 Å². The summed E-state index contributed by atoms with van der Waals surface area (Å²) in [6, 6.07) is 13.5. The van der Waals surface area contributed by atoms with Crippen molar-refractivity contribution in [1.29, 1.82) is 0 Å². The van der Waals surface area contributed by atoms with Gasteiger partial charge in [-0.25, -0.2) is 4.98 Å². The topological polar surface area (TPSA) is 30.0 Å². The molecule has 15 heavy (non-hydrogen) atoms. The number of halogens is 1. The van der Waals surface area contributed by atoms with E-state index in [1.165, 1.54) is 3.57 Å². The largest absolute Gasteiger partial charge is 0.296 e. The molecule has 0 aliphatic carbocycles. The van der Waals surface area contributed by atoms with Crippen molar-refractivity contribution >= 4 is 28.9 Å². The highest BCUT2D eigenvalue weighted by Gasteiger charge is 1.99. The van der Waals surface area contributed by atoms with Gasteiger partial charge in [-0.05, 0) is 46.9 Å². The van der Waals surface area contributed by atoms with Crippen LogP contribution in [-0.2, 0) is 0 Å². The van der Waals surface area contributed by atoms with Crippen molar-refractivity contribution in [1.82, 2.24) is 4.98 Å². The second-order valence-electron chi connectivity index (χ2n) is 3.07. The average molecular weight is 309 g/mol. The van der Waals surface area contributed by atoms with E-state index >= 15 is 0 Å². The van der Waals surface area contributed by atoms with Crippen molar-refractivity contribution in [2.24, 2.45) is 0 Å². The molecule has 1 aromatic heterocycles. The van der Waals surface area contributed by atoms with E-state index in [0.717, 1.165) is 17.5 Å². The molecule has 0 amide bonds. The Bertz CT molecular complexity index is 479. The van der Waals surface area contributed by atoms with Crippen LogP contribution in [0.5, 0.6) is 0 Å². The molecule has 1 aromatic carbocycles. The van der Waals surface area contributed by atoms with Gasteiger partial charge in [-0.1, -0.05) is 18.2 Å². The summed E-state index contributed by atoms with van der Waals surface area (Å²) >= 11 is 2.25. The maximum Gasteiger partial charge on any atom is 0.168 e. The predicted molar refractivity (Wildman–Crippen MR) is 67.8 cm³/mol. The first-order valence-corrected chi connectivity index (χ1v) is 5.55. The summed E-state index contributed by atoms with van der Waals surface area (Å²) in [7, 11) is 0. The lowest BCUT2D eigenvalue weighted by atomic mass is 10.1. The van der Waals surface area contributed by atoms with Crippen LogP contribution in [-0.4, -0.2) is 11.3 Å². The van der Waals surface area contributed by atoms with E-state index in [0.29, 0.717) is 5.69 Å². The molecule has 2 aromatic rings. The van der Waals surface area contributed by atoms with Gasteiger partial charge in [0.25, 0.3) is 0 Å². The SMILES string of the molecule is O=Cc1cccc(-c2ccc(I)cc2)n1. The number of hydrogen-bond acceptors (Lipinski definition) is 2. The third-order valence-electron chi connectivity index (χ3n) is 2.03. The van der Waals surface area contributed by atoms with Gasteiger partial charge in [0.1, 0.15) is 5.69 Å². The molecule has 0 radical (unpaired) electrons. The predicted octanol–water partition coefficient (Wildman–Crippen LogP) is 3.17. The standard InChI is InChI=1S/C12H8INO/c13-10-6-4-9(5-7-10)12-3-1-2-11(8-15)14-12/h1-8H. The Labute approximate surface area is 101 Å². The van der Waals surface area contributed by atoms with Crippen molar-refractivity contribution in [3.8, 4) is 11.3 Å². The molecule has 0 saturated heterocycles. The molecule has 0 saturated carbocycles. The Balaban J connectivity index is 2.44. The number of carbonyl (C=O) groups is 1. The summed E-state index contributed by atoms with van der Waals surface area (Å²) in [5, 5.41) is 0. The van der Waals surface area contributed by atoms with Gasteiger partial charge in [0.2, 0.25) is 0 Å². The molecule has 0 unspecified atom stereocenters. The molecule has 0 fully saturated rings. The minimum atomic E-state index is 0.464. The van der Waals surface area contributed by atoms with E-state index in [-0.39, 0.29) is 0 Å². The summed E-state index contributed by atoms with van der Waals surface area (Å²) in [5.74, 6) is 0. The van der Waals surface area contributed by atoms with Crippen LogP contribution in [0.25, 0.3) is 11.3 Å². The van der Waals surface area contributed by atoms with Crippen LogP contribution >= 0.6 is 22.6 Å². The van der Waals surface area contributed by atoms with E-state index in [1.807, 2.05) is 36.4 Å². The van der Waals surface area contributed by atoms with Crippen LogP contribution in [0.4, 0.5) is 0 Å². The minimum Gasteiger partial charge on any atom is -0.296 e. The highest BCUT2D eigenvalue weighted by atomic mass is 127. The van der Waals surface area contributed by atoms with Crippen LogP contribution < -0.4 is 0 Å². The molecule has 0 atom stereocenters. The fourth-order valence-electron chi connectivity index (χ4n) is 1.30. The Morgan fingerprint density at radius 3 is 2.47 bits per heavy atom. The zero-order valence-corrected chi connectivity index (χ0v) is 10.0. The van der Waals surface area contributed by atoms with Gasteiger partial charge in [0, 0.05) is 9.13 Å². The van der Waals surface area contributed by atoms with Crippen LogP contribution in [0.1, 0.15) is 10.5 Å². The van der Waals surface area contributed by atoms with Crippen LogP contribution in [0.15, 0.2) is 42.5 Å². The number of rotatable bonds is 2. The molecular weight excluding hydrogens is 301 g/mol. The third kappa shape index (κ3) is 2.41. The van der Waals surface area contributed by atoms with Gasteiger partial charge in [-0.15, -0.1) is 0 Å². The molecule has 0 spiro atoms. The first kappa shape index (κ1) is 10.3. The Kier molecular flexibility index (Phi) is 3.11. The lowest BCUT2D eigenvalue weighted by Crippen LogP contribution is -1.89. The first-order chi connectivity index (χ1) is 7.29. The van der Waals surface area contributed by atoms with Crippen LogP contribution in [0, 0.1) is 3.57 Å². The fourth-order valence-corrected chi connectivity index (χ4v) is 1.66. The zero-order chi connectivity index (χ0) is 10.7. The van der Waals surface area contributed by atoms with Crippen molar-refractivity contribution in [3.63, 3.8) is 0 Å². The van der Waals surface area contributed by atoms with Crippen LogP contribution in [0.2, 0.25) is 0 Å². The van der Waals surface area contributed by atoms with Gasteiger partial charge in [-0.3, -0.25) is 4.79 Å². The summed E-state index contributed by atoms with van der Waals surface area (Å²) in [6.45, 7) is 0. The number of aromatic nitrogens is 1. The molecule has 2 rings (SSSR count). The average Bonchev–Trinajstić information content (AvgIpc) is 2.30. The summed E-state index contributed by atoms with van der Waals surface area (Å²) in [4.78, 5) is 14.8. The number of nitrogens with zero attached hydrogens (tertiary/aromatic N) is 1. The van der Waals surface area contributed by atoms with Gasteiger partial charge in [0.05, 0.1) is 5.69 Å². The molecule has 1 heterocycles. The molecule has 0 aliphatic heterocycles. The van der Waals surface area contributed by atoms with E-state index < -0.39 is 0 Å². The first-order valence-electron chi connectivity index (χ1n) is 4.48. The number of aldehydes is 1. The Morgan fingerprint density at radius 2 is 1.80 bits per heavy atom. The summed E-state index contributed by atoms with van der Waals surface area (Å²) in [6.07, 6.45) is 0.760. The Morgan fingerprint density at radius 1 is 1.07 bits per heavy atom. The van der Waals surface area contributed by atoms with E-state index in [2.05, 4.69) is 27.6 Å². The van der Waals surface area contributed by atoms with Crippen molar-refractivity contribution in [2.45, 2.75) is 0 Å². The highest BCUT2D eigenvalue weighted by molar-refractivity contribution is 14.1. The fraction of sp³-hybridized carbons (Fsp3) is 0. The second kappa shape index (κ2) is 4.53. The number of carbonyl (C=O) groups excluding carboxylic acids is 1. The maximum atomic E-state index is 10.6. The summed E-state index contributed by atoms with van der Waals surface area (Å²) < 4.78 is 1.18. The smallest absolute Gasteiger partial charge is 0.168 e. The monoisotopic (exact) mass is 309 g/mol. The van der Waals surface area contributed by atoms with E-state index in [9.17, 15) is 4.79 Å². The van der Waals surface area contributed by atoms with E-state index in [4.69, 9.17) is 0 Å². The molecule has 2 nitrogen and oxygen atoms in total. The second-order valence-corrected chi connectivity index (χ2v) is 4.32. The van der Waals surface area contributed by atoms with Crippen molar-refractivity contribution in [2.75, 3.05) is 0 Å². The molecule has 0 N–H and O–H groups in total. The molecular formula is C12H8INO. The van der Waals surface area contributed by atoms with Gasteiger partial charge in [0.15, 0.2) is 6.29 Å². The lowest BCUT2D eigenvalue weighted by molar-refractivity contribution is 0.111. The van der Waals surface area contributed by atoms with Gasteiger partial charge < -0.3 is 0 Å². The molecule has 0 bridgehead atoms. The number of benzene rings is 1. The Hall–Kier alpha value is -1.23. The molecule has 74 valence electrons. The van der Waals surface area contributed by atoms with Gasteiger partial charge in [-0.2, -0.15) is 0 Å². The maximum absolute atomic E-state index is 10.6. The summed E-state index contributed by atoms with van der Waals surface area (Å²) in [5.41, 5.74) is 2.32. The van der Waals surface area contributed by atoms with Crippen LogP contribution in [0.3, 0.4) is 0 Å². The highest BCUT2D eigenvalue weighted by Crippen LogP contribution is 2.18.